The van der Waals surface area contributed by atoms with Crippen LogP contribution in [0, 0.1) is 6.92 Å². The molecule has 5 nitrogen and oxygen atoms in total. The fourth-order valence-electron chi connectivity index (χ4n) is 2.29. The molecule has 1 amide bonds. The number of hydrogen-bond donors (Lipinski definition) is 2. The van der Waals surface area contributed by atoms with Gasteiger partial charge in [0.25, 0.3) is 5.91 Å². The molecule has 0 saturated carbocycles. The average molecular weight is 248 g/mol. The first-order valence-electron chi connectivity index (χ1n) is 5.90. The van der Waals surface area contributed by atoms with Crippen LogP contribution in [0.2, 0.25) is 0 Å². The van der Waals surface area contributed by atoms with Gasteiger partial charge in [0, 0.05) is 17.8 Å². The number of hydrogen-bond acceptors (Lipinski definition) is 3. The lowest BCUT2D eigenvalue weighted by atomic mass is 10.1. The van der Waals surface area contributed by atoms with Crippen LogP contribution in [0.15, 0.2) is 18.2 Å². The molecular weight excluding hydrogens is 232 g/mol. The van der Waals surface area contributed by atoms with Crippen molar-refractivity contribution in [3.05, 3.63) is 29.3 Å². The number of carbonyl (C=O) groups excluding carboxylic acids is 1. The van der Waals surface area contributed by atoms with E-state index in [1.165, 1.54) is 4.90 Å². The molecule has 1 fully saturated rings. The number of anilines is 1. The number of likely N-dealkylation sites (tertiary alicyclic amines) is 1. The van der Waals surface area contributed by atoms with Crippen LogP contribution in [0.4, 0.5) is 5.69 Å². The van der Waals surface area contributed by atoms with Gasteiger partial charge in [-0.05, 0) is 37.5 Å². The number of nitrogens with zero attached hydrogens (tertiary/aromatic N) is 1. The molecule has 18 heavy (non-hydrogen) atoms. The molecule has 0 aliphatic carbocycles. The summed E-state index contributed by atoms with van der Waals surface area (Å²) in [7, 11) is 0. The maximum atomic E-state index is 12.3. The predicted molar refractivity (Wildman–Crippen MR) is 67.3 cm³/mol. The largest absolute Gasteiger partial charge is 0.480 e. The first-order valence-corrected chi connectivity index (χ1v) is 5.90. The van der Waals surface area contributed by atoms with E-state index in [1.54, 1.807) is 18.2 Å². The van der Waals surface area contributed by atoms with Crippen LogP contribution >= 0.6 is 0 Å². The molecule has 3 N–H and O–H groups in total. The molecular formula is C13H16N2O3. The first-order chi connectivity index (χ1) is 8.50. The van der Waals surface area contributed by atoms with Gasteiger partial charge in [-0.25, -0.2) is 4.79 Å². The SMILES string of the molecule is Cc1ccc(N)cc1C(=O)N1CCC[C@@H]1C(=O)O. The zero-order chi connectivity index (χ0) is 13.3. The number of rotatable bonds is 2. The average Bonchev–Trinajstić information content (AvgIpc) is 2.80. The number of carboxylic acids is 1. The Morgan fingerprint density at radius 1 is 1.44 bits per heavy atom. The van der Waals surface area contributed by atoms with E-state index < -0.39 is 12.0 Å². The first kappa shape index (κ1) is 12.4. The fourth-order valence-corrected chi connectivity index (χ4v) is 2.29. The van der Waals surface area contributed by atoms with Crippen LogP contribution in [0.5, 0.6) is 0 Å². The standard InChI is InChI=1S/C13H16N2O3/c1-8-4-5-9(14)7-10(8)12(16)15-6-2-3-11(15)13(17)18/h4-5,7,11H,2-3,6,14H2,1H3,(H,17,18)/t11-/m1/s1. The summed E-state index contributed by atoms with van der Waals surface area (Å²) in [5.74, 6) is -1.19. The van der Waals surface area contributed by atoms with E-state index in [2.05, 4.69) is 0 Å². The highest BCUT2D eigenvalue weighted by Crippen LogP contribution is 2.22. The maximum absolute atomic E-state index is 12.3. The van der Waals surface area contributed by atoms with Crippen LogP contribution in [0.1, 0.15) is 28.8 Å². The number of amides is 1. The van der Waals surface area contributed by atoms with Crippen molar-refractivity contribution in [2.24, 2.45) is 0 Å². The number of aliphatic carboxylic acids is 1. The Balaban J connectivity index is 2.31. The predicted octanol–water partition coefficient (Wildman–Crippen LogP) is 1.27. The second kappa shape index (κ2) is 4.68. The molecule has 0 unspecified atom stereocenters. The molecule has 5 heteroatoms. The number of carboxylic acid groups (broad SMARTS) is 1. The second-order valence-corrected chi connectivity index (χ2v) is 4.57. The zero-order valence-corrected chi connectivity index (χ0v) is 10.2. The van der Waals surface area contributed by atoms with E-state index in [9.17, 15) is 9.59 Å². The van der Waals surface area contributed by atoms with Gasteiger partial charge in [0.1, 0.15) is 6.04 Å². The van der Waals surface area contributed by atoms with Gasteiger partial charge in [0.05, 0.1) is 0 Å². The maximum Gasteiger partial charge on any atom is 0.326 e. The third-order valence-electron chi connectivity index (χ3n) is 3.29. The topological polar surface area (TPSA) is 83.6 Å². The van der Waals surface area contributed by atoms with Crippen molar-refractivity contribution in [3.63, 3.8) is 0 Å². The monoisotopic (exact) mass is 248 g/mol. The van der Waals surface area contributed by atoms with Gasteiger partial charge in [-0.15, -0.1) is 0 Å². The third-order valence-corrected chi connectivity index (χ3v) is 3.29. The van der Waals surface area contributed by atoms with Gasteiger partial charge in [-0.3, -0.25) is 4.79 Å². The lowest BCUT2D eigenvalue weighted by Crippen LogP contribution is -2.40. The molecule has 1 atom stereocenters. The fraction of sp³-hybridized carbons (Fsp3) is 0.385. The highest BCUT2D eigenvalue weighted by atomic mass is 16.4. The molecule has 2 rings (SSSR count). The van der Waals surface area contributed by atoms with Gasteiger partial charge in [-0.1, -0.05) is 6.07 Å². The van der Waals surface area contributed by atoms with Gasteiger partial charge in [-0.2, -0.15) is 0 Å². The van der Waals surface area contributed by atoms with Crippen LogP contribution < -0.4 is 5.73 Å². The summed E-state index contributed by atoms with van der Waals surface area (Å²) < 4.78 is 0. The minimum Gasteiger partial charge on any atom is -0.480 e. The molecule has 0 bridgehead atoms. The van der Waals surface area contributed by atoms with E-state index in [0.29, 0.717) is 24.2 Å². The number of benzene rings is 1. The van der Waals surface area contributed by atoms with Gasteiger partial charge in [0.2, 0.25) is 0 Å². The van der Waals surface area contributed by atoms with Crippen molar-refractivity contribution in [2.75, 3.05) is 12.3 Å². The highest BCUT2D eigenvalue weighted by Gasteiger charge is 2.34. The zero-order valence-electron chi connectivity index (χ0n) is 10.2. The van der Waals surface area contributed by atoms with Gasteiger partial charge < -0.3 is 15.7 Å². The van der Waals surface area contributed by atoms with E-state index >= 15 is 0 Å². The molecule has 1 aromatic rings. The normalized spacial score (nSPS) is 18.9. The van der Waals surface area contributed by atoms with E-state index in [1.807, 2.05) is 6.92 Å². The van der Waals surface area contributed by atoms with Gasteiger partial charge in [0.15, 0.2) is 0 Å². The highest BCUT2D eigenvalue weighted by molar-refractivity contribution is 5.98. The Morgan fingerprint density at radius 3 is 2.83 bits per heavy atom. The smallest absolute Gasteiger partial charge is 0.326 e. The van der Waals surface area contributed by atoms with Crippen molar-refractivity contribution >= 4 is 17.6 Å². The minimum absolute atomic E-state index is 0.246. The Morgan fingerprint density at radius 2 is 2.17 bits per heavy atom. The van der Waals surface area contributed by atoms with Crippen LogP contribution in [-0.4, -0.2) is 34.5 Å². The Kier molecular flexibility index (Phi) is 3.23. The Hall–Kier alpha value is -2.04. The van der Waals surface area contributed by atoms with Crippen LogP contribution in [-0.2, 0) is 4.79 Å². The Labute approximate surface area is 105 Å². The molecule has 1 aromatic carbocycles. The van der Waals surface area contributed by atoms with Crippen LogP contribution in [0.3, 0.4) is 0 Å². The second-order valence-electron chi connectivity index (χ2n) is 4.57. The number of carbonyl (C=O) groups is 2. The summed E-state index contributed by atoms with van der Waals surface area (Å²) in [6, 6.07) is 4.40. The minimum atomic E-state index is -0.942. The third kappa shape index (κ3) is 2.16. The molecule has 1 saturated heterocycles. The summed E-state index contributed by atoms with van der Waals surface area (Å²) in [5, 5.41) is 9.08. The summed E-state index contributed by atoms with van der Waals surface area (Å²) in [5.41, 5.74) is 7.48. The molecule has 0 radical (unpaired) electrons. The van der Waals surface area contributed by atoms with Crippen molar-refractivity contribution in [1.82, 2.24) is 4.90 Å². The number of nitrogens with two attached hydrogens (primary N) is 1. The van der Waals surface area contributed by atoms with E-state index in [4.69, 9.17) is 10.8 Å². The summed E-state index contributed by atoms with van der Waals surface area (Å²) in [6.45, 7) is 2.31. The molecule has 0 spiro atoms. The molecule has 1 aliphatic heterocycles. The molecule has 0 aromatic heterocycles. The number of nitrogen functional groups attached to an aromatic ring is 1. The quantitative estimate of drug-likeness (QED) is 0.772. The van der Waals surface area contributed by atoms with E-state index in [-0.39, 0.29) is 5.91 Å². The van der Waals surface area contributed by atoms with E-state index in [0.717, 1.165) is 12.0 Å². The summed E-state index contributed by atoms with van der Waals surface area (Å²) in [6.07, 6.45) is 1.24. The Bertz CT molecular complexity index is 499. The van der Waals surface area contributed by atoms with Crippen LogP contribution in [0.25, 0.3) is 0 Å². The number of aryl methyl sites for hydroxylation is 1. The molecule has 1 aliphatic rings. The molecule has 1 heterocycles. The lowest BCUT2D eigenvalue weighted by Gasteiger charge is -2.22. The molecule has 96 valence electrons. The summed E-state index contributed by atoms with van der Waals surface area (Å²) in [4.78, 5) is 24.8. The summed E-state index contributed by atoms with van der Waals surface area (Å²) >= 11 is 0. The lowest BCUT2D eigenvalue weighted by molar-refractivity contribution is -0.141. The van der Waals surface area contributed by atoms with Crippen molar-refractivity contribution < 1.29 is 14.7 Å². The van der Waals surface area contributed by atoms with Crippen molar-refractivity contribution in [2.45, 2.75) is 25.8 Å². The van der Waals surface area contributed by atoms with Gasteiger partial charge >= 0.3 is 5.97 Å². The van der Waals surface area contributed by atoms with Crippen molar-refractivity contribution in [3.8, 4) is 0 Å². The van der Waals surface area contributed by atoms with Crippen molar-refractivity contribution in [1.29, 1.82) is 0 Å².